The molecule has 2 N–H and O–H groups in total. The maximum Gasteiger partial charge on any atom is 0.328 e. The molecule has 0 aromatic rings. The van der Waals surface area contributed by atoms with E-state index >= 15 is 0 Å². The molecule has 0 spiro atoms. The average molecular weight is 320 g/mol. The molecule has 0 aromatic carbocycles. The second-order valence-corrected chi connectivity index (χ2v) is 8.34. The Morgan fingerprint density at radius 1 is 1.39 bits per heavy atom. The van der Waals surface area contributed by atoms with Crippen LogP contribution in [0.25, 0.3) is 0 Å². The average Bonchev–Trinajstić information content (AvgIpc) is 2.45. The molecule has 23 heavy (non-hydrogen) atoms. The van der Waals surface area contributed by atoms with Gasteiger partial charge in [-0.25, -0.2) is 4.79 Å². The molecule has 2 fully saturated rings. The van der Waals surface area contributed by atoms with Crippen molar-refractivity contribution >= 4 is 5.97 Å². The lowest BCUT2D eigenvalue weighted by Gasteiger charge is -2.58. The van der Waals surface area contributed by atoms with Gasteiger partial charge in [0.2, 0.25) is 0 Å². The van der Waals surface area contributed by atoms with Gasteiger partial charge in [-0.2, -0.15) is 0 Å². The highest BCUT2D eigenvalue weighted by atomic mass is 16.4. The summed E-state index contributed by atoms with van der Waals surface area (Å²) >= 11 is 0. The Morgan fingerprint density at radius 3 is 2.70 bits per heavy atom. The number of fused-ring (bicyclic) bond motifs is 1. The van der Waals surface area contributed by atoms with E-state index in [-0.39, 0.29) is 17.4 Å². The van der Waals surface area contributed by atoms with Crippen molar-refractivity contribution in [1.29, 1.82) is 0 Å². The Kier molecular flexibility index (Phi) is 5.40. The van der Waals surface area contributed by atoms with Crippen molar-refractivity contribution in [2.75, 3.05) is 6.61 Å². The molecule has 0 aliphatic heterocycles. The molecule has 0 saturated heterocycles. The van der Waals surface area contributed by atoms with E-state index in [1.54, 1.807) is 0 Å². The maximum absolute atomic E-state index is 10.8. The van der Waals surface area contributed by atoms with Gasteiger partial charge in [0, 0.05) is 12.7 Å². The summed E-state index contributed by atoms with van der Waals surface area (Å²) in [5.74, 6) is 0.108. The zero-order valence-corrected chi connectivity index (χ0v) is 14.9. The fourth-order valence-corrected chi connectivity index (χ4v) is 5.46. The number of hydrogen-bond donors (Lipinski definition) is 2. The zero-order chi connectivity index (χ0) is 17.3. The van der Waals surface area contributed by atoms with Crippen molar-refractivity contribution in [2.45, 2.75) is 65.7 Å². The summed E-state index contributed by atoms with van der Waals surface area (Å²) in [5, 5.41) is 18.9. The van der Waals surface area contributed by atoms with E-state index in [0.717, 1.165) is 44.1 Å². The Balaban J connectivity index is 2.20. The minimum atomic E-state index is -0.861. The molecule has 3 nitrogen and oxygen atoms in total. The summed E-state index contributed by atoms with van der Waals surface area (Å²) in [6.07, 6.45) is 8.76. The summed E-state index contributed by atoms with van der Waals surface area (Å²) in [5.41, 5.74) is 2.47. The van der Waals surface area contributed by atoms with E-state index in [1.165, 1.54) is 18.1 Å². The summed E-state index contributed by atoms with van der Waals surface area (Å²) < 4.78 is 0. The second kappa shape index (κ2) is 6.80. The number of aliphatic hydroxyl groups is 1. The number of aliphatic hydroxyl groups excluding tert-OH is 1. The molecule has 0 bridgehead atoms. The molecule has 0 unspecified atom stereocenters. The van der Waals surface area contributed by atoms with Gasteiger partial charge in [-0.15, -0.1) is 0 Å². The van der Waals surface area contributed by atoms with Crippen LogP contribution in [0.4, 0.5) is 0 Å². The van der Waals surface area contributed by atoms with Crippen LogP contribution in [0.15, 0.2) is 23.8 Å². The Labute approximate surface area is 140 Å². The highest BCUT2D eigenvalue weighted by molar-refractivity contribution is 5.80. The first-order chi connectivity index (χ1) is 10.7. The molecule has 2 aliphatic rings. The summed E-state index contributed by atoms with van der Waals surface area (Å²) in [6, 6.07) is 0. The molecule has 4 atom stereocenters. The van der Waals surface area contributed by atoms with Crippen molar-refractivity contribution in [2.24, 2.45) is 22.7 Å². The van der Waals surface area contributed by atoms with Gasteiger partial charge in [0.25, 0.3) is 0 Å². The van der Waals surface area contributed by atoms with Crippen LogP contribution in [0, 0.1) is 22.7 Å². The maximum atomic E-state index is 10.8. The first kappa shape index (κ1) is 18.3. The quantitative estimate of drug-likeness (QED) is 0.576. The molecule has 0 amide bonds. The van der Waals surface area contributed by atoms with Crippen LogP contribution >= 0.6 is 0 Å². The molecule has 130 valence electrons. The number of hydrogen-bond acceptors (Lipinski definition) is 2. The highest BCUT2D eigenvalue weighted by Gasteiger charge is 2.53. The van der Waals surface area contributed by atoms with E-state index in [0.29, 0.717) is 11.8 Å². The lowest BCUT2D eigenvalue weighted by atomic mass is 9.47. The summed E-state index contributed by atoms with van der Waals surface area (Å²) in [6.45, 7) is 11.1. The smallest absolute Gasteiger partial charge is 0.328 e. The third-order valence-electron chi connectivity index (χ3n) is 6.70. The van der Waals surface area contributed by atoms with Crippen molar-refractivity contribution < 1.29 is 15.0 Å². The van der Waals surface area contributed by atoms with E-state index in [9.17, 15) is 9.90 Å². The molecular formula is C20H32O3. The Hall–Kier alpha value is -1.09. The highest BCUT2D eigenvalue weighted by Crippen LogP contribution is 2.61. The van der Waals surface area contributed by atoms with E-state index in [4.69, 9.17) is 5.11 Å². The minimum Gasteiger partial charge on any atom is -0.478 e. The monoisotopic (exact) mass is 320 g/mol. The lowest BCUT2D eigenvalue weighted by Crippen LogP contribution is -2.51. The fraction of sp³-hybridized carbons (Fsp3) is 0.750. The van der Waals surface area contributed by atoms with E-state index in [1.807, 2.05) is 6.92 Å². The number of carboxylic acid groups (broad SMARTS) is 1. The Bertz CT molecular complexity index is 507. The first-order valence-corrected chi connectivity index (χ1v) is 8.91. The van der Waals surface area contributed by atoms with Gasteiger partial charge in [0.1, 0.15) is 0 Å². The van der Waals surface area contributed by atoms with Crippen LogP contribution in [-0.2, 0) is 4.79 Å². The topological polar surface area (TPSA) is 57.5 Å². The largest absolute Gasteiger partial charge is 0.478 e. The standard InChI is InChI=1S/C20H32O3/c1-14(12-18(22)23)6-8-16-15(2)7-9-17-19(3,13-21)10-5-11-20(16,17)4/h12,16-17,21H,2,5-11,13H2,1,3-4H3,(H,22,23)/b14-12+/t16-,17-,19-,20+/m1/s1. The van der Waals surface area contributed by atoms with Crippen molar-refractivity contribution in [3.05, 3.63) is 23.8 Å². The number of rotatable bonds is 5. The summed E-state index contributed by atoms with van der Waals surface area (Å²) in [4.78, 5) is 10.8. The number of carboxylic acids is 1. The predicted octanol–water partition coefficient (Wildman–Crippen LogP) is 4.57. The van der Waals surface area contributed by atoms with Gasteiger partial charge < -0.3 is 10.2 Å². The van der Waals surface area contributed by atoms with Crippen LogP contribution in [0.5, 0.6) is 0 Å². The third-order valence-corrected chi connectivity index (χ3v) is 6.70. The molecular weight excluding hydrogens is 288 g/mol. The van der Waals surface area contributed by atoms with Crippen LogP contribution in [0.3, 0.4) is 0 Å². The molecule has 0 aromatic heterocycles. The van der Waals surface area contributed by atoms with Crippen LogP contribution in [0.2, 0.25) is 0 Å². The van der Waals surface area contributed by atoms with Crippen LogP contribution in [-0.4, -0.2) is 22.8 Å². The molecule has 2 saturated carbocycles. The normalized spacial score (nSPS) is 38.3. The third kappa shape index (κ3) is 3.55. The molecule has 2 rings (SSSR count). The fourth-order valence-electron chi connectivity index (χ4n) is 5.46. The van der Waals surface area contributed by atoms with E-state index in [2.05, 4.69) is 20.4 Å². The van der Waals surface area contributed by atoms with Crippen molar-refractivity contribution in [3.63, 3.8) is 0 Å². The molecule has 3 heteroatoms. The van der Waals surface area contributed by atoms with Crippen LogP contribution in [0.1, 0.15) is 65.7 Å². The van der Waals surface area contributed by atoms with Crippen molar-refractivity contribution in [3.8, 4) is 0 Å². The van der Waals surface area contributed by atoms with E-state index < -0.39 is 5.97 Å². The Morgan fingerprint density at radius 2 is 2.09 bits per heavy atom. The number of aliphatic carboxylic acids is 1. The van der Waals surface area contributed by atoms with Gasteiger partial charge >= 0.3 is 5.97 Å². The first-order valence-electron chi connectivity index (χ1n) is 8.91. The van der Waals surface area contributed by atoms with Gasteiger partial charge in [-0.05, 0) is 68.1 Å². The second-order valence-electron chi connectivity index (χ2n) is 8.34. The van der Waals surface area contributed by atoms with Gasteiger partial charge in [0.05, 0.1) is 0 Å². The molecule has 0 heterocycles. The van der Waals surface area contributed by atoms with Crippen LogP contribution < -0.4 is 0 Å². The summed E-state index contributed by atoms with van der Waals surface area (Å²) in [7, 11) is 0. The minimum absolute atomic E-state index is 0.0257. The predicted molar refractivity (Wildman–Crippen MR) is 93.1 cm³/mol. The SMILES string of the molecule is C=C1CC[C@@H]2[C@@](C)(CO)CCC[C@@]2(C)[C@@H]1CC/C(C)=C/C(=O)O. The molecule has 0 radical (unpaired) electrons. The lowest BCUT2D eigenvalue weighted by molar-refractivity contribution is -0.131. The zero-order valence-electron chi connectivity index (χ0n) is 14.9. The van der Waals surface area contributed by atoms with Gasteiger partial charge in [0.15, 0.2) is 0 Å². The van der Waals surface area contributed by atoms with Crippen molar-refractivity contribution in [1.82, 2.24) is 0 Å². The number of carbonyl (C=O) groups is 1. The molecule has 2 aliphatic carbocycles. The van der Waals surface area contributed by atoms with Gasteiger partial charge in [-0.1, -0.05) is 38.0 Å². The number of allylic oxidation sites excluding steroid dienone is 2. The van der Waals surface area contributed by atoms with Gasteiger partial charge in [-0.3, -0.25) is 0 Å².